The Morgan fingerprint density at radius 1 is 1.00 bits per heavy atom. The number of para-hydroxylation sites is 2. The van der Waals surface area contributed by atoms with E-state index in [1.54, 1.807) is 47.4 Å². The van der Waals surface area contributed by atoms with Crippen molar-refractivity contribution >= 4 is 23.4 Å². The number of hydrogen-bond donors (Lipinski definition) is 2. The van der Waals surface area contributed by atoms with Crippen molar-refractivity contribution in [3.8, 4) is 5.69 Å². The number of rotatable bonds is 5. The summed E-state index contributed by atoms with van der Waals surface area (Å²) in [5, 5.41) is 7.33. The lowest BCUT2D eigenvalue weighted by molar-refractivity contribution is -0.123. The van der Waals surface area contributed by atoms with Crippen molar-refractivity contribution in [1.29, 1.82) is 0 Å². The second kappa shape index (κ2) is 9.32. The number of aromatic nitrogens is 2. The summed E-state index contributed by atoms with van der Waals surface area (Å²) in [4.78, 5) is 39.7. The summed E-state index contributed by atoms with van der Waals surface area (Å²) in [6.07, 6.45) is 3.30. The summed E-state index contributed by atoms with van der Waals surface area (Å²) in [5.74, 6) is -1.63. The number of nitrogens with zero attached hydrogens (tertiary/aromatic N) is 3. The summed E-state index contributed by atoms with van der Waals surface area (Å²) in [5.41, 5.74) is 8.34. The second-order valence-corrected chi connectivity index (χ2v) is 8.96. The van der Waals surface area contributed by atoms with Gasteiger partial charge in [0.25, 0.3) is 11.8 Å². The van der Waals surface area contributed by atoms with Crippen LogP contribution in [0.25, 0.3) is 5.69 Å². The van der Waals surface area contributed by atoms with E-state index in [2.05, 4.69) is 10.4 Å². The van der Waals surface area contributed by atoms with Gasteiger partial charge in [-0.1, -0.05) is 24.3 Å². The van der Waals surface area contributed by atoms with Crippen molar-refractivity contribution in [1.82, 2.24) is 14.7 Å². The summed E-state index contributed by atoms with van der Waals surface area (Å²) in [6, 6.07) is 13.2. The molecule has 0 unspecified atom stereocenters. The molecule has 1 aliphatic carbocycles. The van der Waals surface area contributed by atoms with Crippen molar-refractivity contribution < 1.29 is 18.8 Å². The van der Waals surface area contributed by atoms with Gasteiger partial charge in [-0.15, -0.1) is 0 Å². The molecule has 3 N–H and O–H groups in total. The summed E-state index contributed by atoms with van der Waals surface area (Å²) >= 11 is 0. The van der Waals surface area contributed by atoms with Crippen LogP contribution in [0.1, 0.15) is 51.4 Å². The molecule has 1 saturated heterocycles. The van der Waals surface area contributed by atoms with Gasteiger partial charge in [0.1, 0.15) is 11.5 Å². The van der Waals surface area contributed by atoms with Crippen LogP contribution in [0.2, 0.25) is 0 Å². The van der Waals surface area contributed by atoms with Crippen LogP contribution >= 0.6 is 0 Å². The highest BCUT2D eigenvalue weighted by molar-refractivity contribution is 6.09. The Labute approximate surface area is 201 Å². The summed E-state index contributed by atoms with van der Waals surface area (Å²) in [6.45, 7) is 0.852. The molecule has 35 heavy (non-hydrogen) atoms. The fourth-order valence-electron chi connectivity index (χ4n) is 4.94. The third kappa shape index (κ3) is 4.29. The quantitative estimate of drug-likeness (QED) is 0.591. The third-order valence-electron chi connectivity index (χ3n) is 6.82. The van der Waals surface area contributed by atoms with Crippen molar-refractivity contribution in [3.63, 3.8) is 0 Å². The Kier molecular flexibility index (Phi) is 6.07. The molecule has 3 amide bonds. The van der Waals surface area contributed by atoms with Gasteiger partial charge in [0.15, 0.2) is 5.69 Å². The molecule has 9 heteroatoms. The maximum atomic E-state index is 14.5. The van der Waals surface area contributed by atoms with E-state index in [0.717, 1.165) is 17.7 Å². The lowest BCUT2D eigenvalue weighted by Gasteiger charge is -2.31. The van der Waals surface area contributed by atoms with Crippen LogP contribution in [0.5, 0.6) is 0 Å². The van der Waals surface area contributed by atoms with Crippen LogP contribution in [0, 0.1) is 11.7 Å². The highest BCUT2D eigenvalue weighted by atomic mass is 19.1. The van der Waals surface area contributed by atoms with Crippen molar-refractivity contribution in [2.75, 3.05) is 18.4 Å². The van der Waals surface area contributed by atoms with Crippen LogP contribution in [-0.4, -0.2) is 45.5 Å². The number of nitrogens with one attached hydrogen (secondary N) is 1. The second-order valence-electron chi connectivity index (χ2n) is 8.96. The minimum absolute atomic E-state index is 0.217. The van der Waals surface area contributed by atoms with E-state index in [-0.39, 0.29) is 23.4 Å². The van der Waals surface area contributed by atoms with Crippen molar-refractivity contribution in [2.24, 2.45) is 11.7 Å². The predicted molar refractivity (Wildman–Crippen MR) is 128 cm³/mol. The van der Waals surface area contributed by atoms with E-state index < -0.39 is 11.7 Å². The van der Waals surface area contributed by atoms with E-state index in [4.69, 9.17) is 5.73 Å². The molecule has 1 fully saturated rings. The molecule has 5 rings (SSSR count). The lowest BCUT2D eigenvalue weighted by atomic mass is 9.95. The van der Waals surface area contributed by atoms with Gasteiger partial charge in [-0.2, -0.15) is 5.10 Å². The Bertz CT molecular complexity index is 1310. The van der Waals surface area contributed by atoms with Crippen LogP contribution in [0.15, 0.2) is 48.5 Å². The number of carbonyl (C=O) groups is 3. The van der Waals surface area contributed by atoms with Crippen LogP contribution in [-0.2, 0) is 17.6 Å². The molecule has 1 aliphatic heterocycles. The number of piperidine rings is 1. The minimum atomic E-state index is -0.439. The fraction of sp³-hybridized carbons (Fsp3) is 0.308. The number of hydrogen-bond acceptors (Lipinski definition) is 4. The maximum absolute atomic E-state index is 14.5. The predicted octanol–water partition coefficient (Wildman–Crippen LogP) is 3.09. The Balaban J connectivity index is 1.39. The van der Waals surface area contributed by atoms with Gasteiger partial charge in [-0.3, -0.25) is 14.4 Å². The van der Waals surface area contributed by atoms with Gasteiger partial charge in [0.05, 0.1) is 11.3 Å². The average molecular weight is 476 g/mol. The van der Waals surface area contributed by atoms with Gasteiger partial charge in [-0.05, 0) is 56.4 Å². The largest absolute Gasteiger partial charge is 0.369 e. The Morgan fingerprint density at radius 3 is 2.46 bits per heavy atom. The number of likely N-dealkylation sites (tertiary alicyclic amines) is 1. The first kappa shape index (κ1) is 22.8. The molecule has 180 valence electrons. The fourth-order valence-corrected chi connectivity index (χ4v) is 4.94. The number of anilines is 1. The zero-order chi connectivity index (χ0) is 24.5. The number of nitrogens with two attached hydrogens (primary N) is 1. The summed E-state index contributed by atoms with van der Waals surface area (Å²) < 4.78 is 16.0. The standard InChI is InChI=1S/C26H26FN5O3/c27-19-8-2-4-10-22(19)32-21-11-5-7-18(21)23(30-32)25(34)29-20-9-3-1-6-17(20)26(35)31-14-12-16(13-15-31)24(28)33/h1-4,6,8-10,16H,5,7,11-15H2,(H2,28,33)(H,29,34). The lowest BCUT2D eigenvalue weighted by Crippen LogP contribution is -2.42. The molecule has 2 aliphatic rings. The first-order chi connectivity index (χ1) is 16.9. The molecular weight excluding hydrogens is 449 g/mol. The average Bonchev–Trinajstić information content (AvgIpc) is 3.48. The topological polar surface area (TPSA) is 110 Å². The molecule has 8 nitrogen and oxygen atoms in total. The van der Waals surface area contributed by atoms with Crippen LogP contribution < -0.4 is 11.1 Å². The molecule has 3 aromatic rings. The molecule has 2 heterocycles. The number of halogens is 1. The van der Waals surface area contributed by atoms with Crippen molar-refractivity contribution in [3.05, 3.63) is 76.9 Å². The Morgan fingerprint density at radius 2 is 1.71 bits per heavy atom. The number of benzene rings is 2. The maximum Gasteiger partial charge on any atom is 0.276 e. The molecular formula is C26H26FN5O3. The molecule has 1 aromatic heterocycles. The zero-order valence-corrected chi connectivity index (χ0v) is 19.2. The molecule has 0 spiro atoms. The number of fused-ring (bicyclic) bond motifs is 1. The monoisotopic (exact) mass is 475 g/mol. The van der Waals surface area contributed by atoms with E-state index >= 15 is 0 Å². The van der Waals surface area contributed by atoms with E-state index in [1.807, 2.05) is 0 Å². The molecule has 0 bridgehead atoms. The van der Waals surface area contributed by atoms with E-state index in [0.29, 0.717) is 55.7 Å². The highest BCUT2D eigenvalue weighted by Gasteiger charge is 2.30. The van der Waals surface area contributed by atoms with E-state index in [1.165, 1.54) is 10.7 Å². The smallest absolute Gasteiger partial charge is 0.276 e. The van der Waals surface area contributed by atoms with Crippen molar-refractivity contribution in [2.45, 2.75) is 32.1 Å². The number of primary amides is 1. The first-order valence-corrected chi connectivity index (χ1v) is 11.8. The highest BCUT2D eigenvalue weighted by Crippen LogP contribution is 2.30. The SMILES string of the molecule is NC(=O)C1CCN(C(=O)c2ccccc2NC(=O)c2nn(-c3ccccc3F)c3c2CCC3)CC1. The molecule has 0 atom stereocenters. The van der Waals surface area contributed by atoms with Gasteiger partial charge < -0.3 is 16.0 Å². The van der Waals surface area contributed by atoms with Gasteiger partial charge in [0, 0.05) is 30.3 Å². The normalized spacial score (nSPS) is 15.6. The molecule has 0 radical (unpaired) electrons. The molecule has 2 aromatic carbocycles. The van der Waals surface area contributed by atoms with Gasteiger partial charge in [-0.25, -0.2) is 9.07 Å². The third-order valence-corrected chi connectivity index (χ3v) is 6.82. The van der Waals surface area contributed by atoms with E-state index in [9.17, 15) is 18.8 Å². The molecule has 0 saturated carbocycles. The zero-order valence-electron chi connectivity index (χ0n) is 19.2. The van der Waals surface area contributed by atoms with Gasteiger partial charge in [0.2, 0.25) is 5.91 Å². The van der Waals surface area contributed by atoms with Crippen LogP contribution in [0.4, 0.5) is 10.1 Å². The minimum Gasteiger partial charge on any atom is -0.369 e. The first-order valence-electron chi connectivity index (χ1n) is 11.8. The Hall–Kier alpha value is -4.01. The summed E-state index contributed by atoms with van der Waals surface area (Å²) in [7, 11) is 0. The van der Waals surface area contributed by atoms with Gasteiger partial charge >= 0.3 is 0 Å². The number of carbonyl (C=O) groups excluding carboxylic acids is 3. The number of amides is 3. The van der Waals surface area contributed by atoms with Crippen LogP contribution in [0.3, 0.4) is 0 Å².